The van der Waals surface area contributed by atoms with E-state index in [1.54, 1.807) is 12.1 Å². The Bertz CT molecular complexity index is 1260. The van der Waals surface area contributed by atoms with Gasteiger partial charge in [0.15, 0.2) is 11.5 Å². The van der Waals surface area contributed by atoms with Gasteiger partial charge in [0.2, 0.25) is 15.2 Å². The predicted octanol–water partition coefficient (Wildman–Crippen LogP) is 3.60. The van der Waals surface area contributed by atoms with Crippen LogP contribution in [0.25, 0.3) is 0 Å². The van der Waals surface area contributed by atoms with Gasteiger partial charge in [-0.2, -0.15) is 0 Å². The van der Waals surface area contributed by atoms with Gasteiger partial charge in [0, 0.05) is 11.6 Å². The maximum absolute atomic E-state index is 12.7. The monoisotopic (exact) mass is 532 g/mol. The Morgan fingerprint density at radius 3 is 2.27 bits per heavy atom. The van der Waals surface area contributed by atoms with E-state index < -0.39 is 15.9 Å². The first-order valence-electron chi connectivity index (χ1n) is 9.07. The molecule has 0 unspecified atom stereocenters. The third kappa shape index (κ3) is 5.84. The van der Waals surface area contributed by atoms with E-state index in [0.29, 0.717) is 39.2 Å². The molecule has 10 nitrogen and oxygen atoms in total. The average molecular weight is 533 g/mol. The van der Waals surface area contributed by atoms with Crippen molar-refractivity contribution in [2.45, 2.75) is 10.9 Å². The Labute approximate surface area is 203 Å². The van der Waals surface area contributed by atoms with Crippen LogP contribution >= 0.6 is 34.5 Å². The first-order valence-corrected chi connectivity index (χ1v) is 12.1. The zero-order chi connectivity index (χ0) is 24.2. The molecule has 0 aliphatic heterocycles. The number of methoxy groups -OCH3 is 3. The van der Waals surface area contributed by atoms with E-state index in [0.717, 1.165) is 0 Å². The maximum atomic E-state index is 12.7. The van der Waals surface area contributed by atoms with Crippen LogP contribution in [0.15, 0.2) is 34.7 Å². The second-order valence-corrected chi connectivity index (χ2v) is 10.1. The Kier molecular flexibility index (Phi) is 7.97. The van der Waals surface area contributed by atoms with Crippen LogP contribution in [-0.4, -0.2) is 45.9 Å². The molecule has 0 fully saturated rings. The molecule has 3 aromatic rings. The van der Waals surface area contributed by atoms with E-state index in [-0.39, 0.29) is 26.6 Å². The molecule has 1 aromatic heterocycles. The third-order valence-corrected chi connectivity index (χ3v) is 7.38. The van der Waals surface area contributed by atoms with Gasteiger partial charge in [-0.25, -0.2) is 13.1 Å². The van der Waals surface area contributed by atoms with Gasteiger partial charge in [-0.3, -0.25) is 10.1 Å². The van der Waals surface area contributed by atoms with Crippen molar-refractivity contribution in [1.82, 2.24) is 14.9 Å². The van der Waals surface area contributed by atoms with Crippen LogP contribution in [0.2, 0.25) is 10.0 Å². The summed E-state index contributed by atoms with van der Waals surface area (Å²) in [6.45, 7) is -0.0826. The van der Waals surface area contributed by atoms with Gasteiger partial charge in [-0.05, 0) is 35.9 Å². The molecule has 0 aliphatic rings. The molecule has 0 atom stereocenters. The number of carbonyl (C=O) groups is 1. The SMILES string of the molecule is COc1cc(CNS(=O)(=O)c2nnc(NC(=O)c3ccc(Cl)cc3Cl)s2)cc(OC)c1OC. The molecule has 0 bridgehead atoms. The molecule has 2 aromatic carbocycles. The Hall–Kier alpha value is -2.64. The van der Waals surface area contributed by atoms with E-state index in [2.05, 4.69) is 20.2 Å². The highest BCUT2D eigenvalue weighted by Crippen LogP contribution is 2.38. The van der Waals surface area contributed by atoms with Crippen molar-refractivity contribution in [2.24, 2.45) is 0 Å². The Balaban J connectivity index is 1.72. The highest BCUT2D eigenvalue weighted by Gasteiger charge is 2.22. The van der Waals surface area contributed by atoms with Gasteiger partial charge < -0.3 is 14.2 Å². The molecule has 0 saturated heterocycles. The minimum Gasteiger partial charge on any atom is -0.493 e. The van der Waals surface area contributed by atoms with Crippen LogP contribution in [0.4, 0.5) is 5.13 Å². The summed E-state index contributed by atoms with van der Waals surface area (Å²) < 4.78 is 43.2. The second-order valence-electron chi connectivity index (χ2n) is 6.31. The summed E-state index contributed by atoms with van der Waals surface area (Å²) in [5.74, 6) is 0.569. The summed E-state index contributed by atoms with van der Waals surface area (Å²) in [4.78, 5) is 12.4. The number of rotatable bonds is 9. The molecular weight excluding hydrogens is 515 g/mol. The highest BCUT2D eigenvalue weighted by molar-refractivity contribution is 7.91. The maximum Gasteiger partial charge on any atom is 0.270 e. The molecule has 2 N–H and O–H groups in total. The van der Waals surface area contributed by atoms with E-state index in [4.69, 9.17) is 37.4 Å². The Morgan fingerprint density at radius 2 is 1.70 bits per heavy atom. The zero-order valence-corrected chi connectivity index (χ0v) is 20.7. The van der Waals surface area contributed by atoms with Crippen molar-refractivity contribution in [1.29, 1.82) is 0 Å². The molecule has 0 spiro atoms. The number of hydrogen-bond donors (Lipinski definition) is 2. The topological polar surface area (TPSA) is 129 Å². The molecule has 1 heterocycles. The number of hydrogen-bond acceptors (Lipinski definition) is 9. The number of amides is 1. The number of halogens is 2. The molecule has 0 radical (unpaired) electrons. The molecule has 33 heavy (non-hydrogen) atoms. The lowest BCUT2D eigenvalue weighted by Crippen LogP contribution is -2.23. The standard InChI is InChI=1S/C19H18Cl2N4O6S2/c1-29-14-6-10(7-15(30-2)16(14)31-3)9-22-33(27,28)19-25-24-18(32-19)23-17(26)12-5-4-11(20)8-13(12)21/h4-8,22H,9H2,1-3H3,(H,23,24,26). The lowest BCUT2D eigenvalue weighted by molar-refractivity contribution is 0.102. The minimum absolute atomic E-state index is 0.0147. The second kappa shape index (κ2) is 10.5. The lowest BCUT2D eigenvalue weighted by Gasteiger charge is -2.14. The van der Waals surface area contributed by atoms with Gasteiger partial charge in [0.1, 0.15) is 0 Å². The van der Waals surface area contributed by atoms with Crippen molar-refractivity contribution >= 4 is 55.6 Å². The zero-order valence-electron chi connectivity index (χ0n) is 17.5. The van der Waals surface area contributed by atoms with Crippen molar-refractivity contribution in [3.8, 4) is 17.2 Å². The van der Waals surface area contributed by atoms with Crippen molar-refractivity contribution in [2.75, 3.05) is 26.6 Å². The molecule has 0 saturated carbocycles. The van der Waals surface area contributed by atoms with Gasteiger partial charge in [-0.15, -0.1) is 10.2 Å². The number of carbonyl (C=O) groups excluding carboxylic acids is 1. The van der Waals surface area contributed by atoms with Crippen LogP contribution in [0.5, 0.6) is 17.2 Å². The predicted molar refractivity (Wildman–Crippen MR) is 124 cm³/mol. The first-order chi connectivity index (χ1) is 15.7. The van der Waals surface area contributed by atoms with Crippen LogP contribution in [0.1, 0.15) is 15.9 Å². The van der Waals surface area contributed by atoms with Gasteiger partial charge in [0.25, 0.3) is 15.9 Å². The number of sulfonamides is 1. The smallest absolute Gasteiger partial charge is 0.270 e. The molecular formula is C19H18Cl2N4O6S2. The lowest BCUT2D eigenvalue weighted by atomic mass is 10.2. The number of nitrogens with zero attached hydrogens (tertiary/aromatic N) is 2. The van der Waals surface area contributed by atoms with Gasteiger partial charge in [-0.1, -0.05) is 34.5 Å². The van der Waals surface area contributed by atoms with Crippen LogP contribution in [-0.2, 0) is 16.6 Å². The summed E-state index contributed by atoms with van der Waals surface area (Å²) in [6.07, 6.45) is 0. The van der Waals surface area contributed by atoms with Crippen LogP contribution < -0.4 is 24.2 Å². The molecule has 1 amide bonds. The van der Waals surface area contributed by atoms with E-state index in [1.165, 1.54) is 39.5 Å². The van der Waals surface area contributed by atoms with Crippen LogP contribution in [0.3, 0.4) is 0 Å². The third-order valence-electron chi connectivity index (χ3n) is 4.22. The Morgan fingerprint density at radius 1 is 1.03 bits per heavy atom. The van der Waals surface area contributed by atoms with E-state index in [9.17, 15) is 13.2 Å². The van der Waals surface area contributed by atoms with Gasteiger partial charge >= 0.3 is 0 Å². The van der Waals surface area contributed by atoms with E-state index >= 15 is 0 Å². The average Bonchev–Trinajstić information content (AvgIpc) is 3.26. The van der Waals surface area contributed by atoms with Crippen molar-refractivity contribution in [3.05, 3.63) is 51.5 Å². The molecule has 0 aliphatic carbocycles. The van der Waals surface area contributed by atoms with Crippen molar-refractivity contribution < 1.29 is 27.4 Å². The normalized spacial score (nSPS) is 11.2. The van der Waals surface area contributed by atoms with Crippen molar-refractivity contribution in [3.63, 3.8) is 0 Å². The highest BCUT2D eigenvalue weighted by atomic mass is 35.5. The number of anilines is 1. The van der Waals surface area contributed by atoms with E-state index in [1.807, 2.05) is 0 Å². The first kappa shape index (κ1) is 25.0. The fourth-order valence-electron chi connectivity index (χ4n) is 2.68. The number of benzene rings is 2. The molecule has 14 heteroatoms. The molecule has 176 valence electrons. The fourth-order valence-corrected chi connectivity index (χ4v) is 5.13. The summed E-state index contributed by atoms with van der Waals surface area (Å²) >= 11 is 12.5. The summed E-state index contributed by atoms with van der Waals surface area (Å²) in [6, 6.07) is 7.60. The summed E-state index contributed by atoms with van der Waals surface area (Å²) in [7, 11) is 0.364. The largest absolute Gasteiger partial charge is 0.493 e. The van der Waals surface area contributed by atoms with Crippen LogP contribution in [0, 0.1) is 0 Å². The van der Waals surface area contributed by atoms with Gasteiger partial charge in [0.05, 0.1) is 31.9 Å². The minimum atomic E-state index is -4.02. The quantitative estimate of drug-likeness (QED) is 0.400. The fraction of sp³-hybridized carbons (Fsp3) is 0.211. The molecule has 3 rings (SSSR count). The number of aromatic nitrogens is 2. The number of nitrogens with one attached hydrogen (secondary N) is 2. The summed E-state index contributed by atoms with van der Waals surface area (Å²) in [5, 5.41) is 10.3. The number of ether oxygens (including phenoxy) is 3. The summed E-state index contributed by atoms with van der Waals surface area (Å²) in [5.41, 5.74) is 0.713.